The molecule has 1 atom stereocenters. The van der Waals surface area contributed by atoms with E-state index >= 15 is 0 Å². The molecule has 0 bridgehead atoms. The number of nitrogens with zero attached hydrogens (tertiary/aromatic N) is 3. The Morgan fingerprint density at radius 1 is 1.45 bits per heavy atom. The molecule has 2 aromatic rings. The van der Waals surface area contributed by atoms with Crippen LogP contribution in [0.3, 0.4) is 0 Å². The summed E-state index contributed by atoms with van der Waals surface area (Å²) in [7, 11) is 1.60. The predicted octanol–water partition coefficient (Wildman–Crippen LogP) is 1.66. The van der Waals surface area contributed by atoms with Gasteiger partial charge >= 0.3 is 0 Å². The Morgan fingerprint density at radius 2 is 2.35 bits per heavy atom. The fourth-order valence-electron chi connectivity index (χ4n) is 2.45. The molecular formula is C14H18N4O2. The van der Waals surface area contributed by atoms with Gasteiger partial charge in [0.2, 0.25) is 11.8 Å². The number of ether oxygens (including phenoxy) is 1. The highest BCUT2D eigenvalue weighted by molar-refractivity contribution is 5.20. The average Bonchev–Trinajstić information content (AvgIpc) is 3.10. The summed E-state index contributed by atoms with van der Waals surface area (Å²) in [5.41, 5.74) is 0.853. The SMILES string of the molecule is COc1ccc(Cc2noc(C3(C)CCCN3)n2)cn1. The Hall–Kier alpha value is -1.95. The number of hydrogen-bond acceptors (Lipinski definition) is 6. The van der Waals surface area contributed by atoms with Crippen LogP contribution in [0.4, 0.5) is 0 Å². The summed E-state index contributed by atoms with van der Waals surface area (Å²) < 4.78 is 10.4. The van der Waals surface area contributed by atoms with Crippen LogP contribution in [0.5, 0.6) is 5.88 Å². The number of hydrogen-bond donors (Lipinski definition) is 1. The minimum atomic E-state index is -0.177. The molecule has 2 aromatic heterocycles. The van der Waals surface area contributed by atoms with Gasteiger partial charge in [-0.25, -0.2) is 4.98 Å². The van der Waals surface area contributed by atoms with Gasteiger partial charge < -0.3 is 14.6 Å². The maximum Gasteiger partial charge on any atom is 0.246 e. The van der Waals surface area contributed by atoms with E-state index in [0.717, 1.165) is 24.9 Å². The van der Waals surface area contributed by atoms with Crippen molar-refractivity contribution in [1.29, 1.82) is 0 Å². The van der Waals surface area contributed by atoms with Crippen LogP contribution >= 0.6 is 0 Å². The lowest BCUT2D eigenvalue weighted by molar-refractivity contribution is 0.274. The zero-order valence-electron chi connectivity index (χ0n) is 11.7. The molecule has 20 heavy (non-hydrogen) atoms. The first kappa shape index (κ1) is 13.1. The molecule has 3 heterocycles. The van der Waals surface area contributed by atoms with Crippen molar-refractivity contribution in [2.24, 2.45) is 0 Å². The highest BCUT2D eigenvalue weighted by Gasteiger charge is 2.35. The van der Waals surface area contributed by atoms with Crippen LogP contribution in [0, 0.1) is 0 Å². The lowest BCUT2D eigenvalue weighted by Gasteiger charge is -2.18. The van der Waals surface area contributed by atoms with Gasteiger partial charge in [-0.05, 0) is 31.9 Å². The van der Waals surface area contributed by atoms with Crippen molar-refractivity contribution in [2.45, 2.75) is 31.7 Å². The molecule has 0 aliphatic carbocycles. The van der Waals surface area contributed by atoms with E-state index in [1.807, 2.05) is 12.1 Å². The third kappa shape index (κ3) is 2.51. The fourth-order valence-corrected chi connectivity index (χ4v) is 2.45. The molecule has 1 fully saturated rings. The molecule has 1 saturated heterocycles. The van der Waals surface area contributed by atoms with Crippen LogP contribution < -0.4 is 10.1 Å². The molecule has 0 radical (unpaired) electrons. The summed E-state index contributed by atoms with van der Waals surface area (Å²) in [6, 6.07) is 3.79. The number of rotatable bonds is 4. The maximum atomic E-state index is 5.40. The molecule has 1 aliphatic rings. The molecule has 6 heteroatoms. The van der Waals surface area contributed by atoms with Crippen LogP contribution in [0.1, 0.15) is 37.0 Å². The molecule has 0 amide bonds. The van der Waals surface area contributed by atoms with Crippen molar-refractivity contribution in [1.82, 2.24) is 20.4 Å². The van der Waals surface area contributed by atoms with Gasteiger partial charge in [0.15, 0.2) is 5.82 Å². The summed E-state index contributed by atoms with van der Waals surface area (Å²) in [4.78, 5) is 8.67. The van der Waals surface area contributed by atoms with Crippen molar-refractivity contribution in [3.8, 4) is 5.88 Å². The minimum absolute atomic E-state index is 0.177. The fraction of sp³-hybridized carbons (Fsp3) is 0.500. The first-order valence-corrected chi connectivity index (χ1v) is 6.77. The summed E-state index contributed by atoms with van der Waals surface area (Å²) in [6.07, 6.45) is 4.54. The molecule has 3 rings (SSSR count). The van der Waals surface area contributed by atoms with E-state index in [9.17, 15) is 0 Å². The van der Waals surface area contributed by atoms with Gasteiger partial charge in [-0.3, -0.25) is 0 Å². The van der Waals surface area contributed by atoms with Crippen LogP contribution in [-0.4, -0.2) is 28.8 Å². The maximum absolute atomic E-state index is 5.40. The summed E-state index contributed by atoms with van der Waals surface area (Å²) in [5.74, 6) is 1.96. The van der Waals surface area contributed by atoms with E-state index in [1.54, 1.807) is 13.3 Å². The summed E-state index contributed by atoms with van der Waals surface area (Å²) in [6.45, 7) is 3.10. The van der Waals surface area contributed by atoms with Gasteiger partial charge in [-0.2, -0.15) is 4.98 Å². The van der Waals surface area contributed by atoms with Crippen molar-refractivity contribution >= 4 is 0 Å². The van der Waals surface area contributed by atoms with Gasteiger partial charge in [-0.1, -0.05) is 11.2 Å². The van der Waals surface area contributed by atoms with Crippen molar-refractivity contribution < 1.29 is 9.26 Å². The van der Waals surface area contributed by atoms with Crippen LogP contribution in [0.2, 0.25) is 0 Å². The molecule has 1 N–H and O–H groups in total. The molecule has 6 nitrogen and oxygen atoms in total. The minimum Gasteiger partial charge on any atom is -0.481 e. The Bertz CT molecular complexity index is 573. The largest absolute Gasteiger partial charge is 0.481 e. The van der Waals surface area contributed by atoms with Gasteiger partial charge in [-0.15, -0.1) is 0 Å². The molecule has 0 spiro atoms. The van der Waals surface area contributed by atoms with Gasteiger partial charge in [0, 0.05) is 18.7 Å². The molecule has 106 valence electrons. The van der Waals surface area contributed by atoms with Crippen molar-refractivity contribution in [3.05, 3.63) is 35.6 Å². The second kappa shape index (κ2) is 5.20. The van der Waals surface area contributed by atoms with E-state index in [4.69, 9.17) is 9.26 Å². The Kier molecular flexibility index (Phi) is 3.40. The third-order valence-electron chi connectivity index (χ3n) is 3.68. The number of nitrogens with one attached hydrogen (secondary N) is 1. The molecule has 0 aromatic carbocycles. The molecule has 1 aliphatic heterocycles. The molecule has 0 saturated carbocycles. The molecular weight excluding hydrogens is 256 g/mol. The third-order valence-corrected chi connectivity index (χ3v) is 3.68. The van der Waals surface area contributed by atoms with E-state index in [0.29, 0.717) is 24.0 Å². The summed E-state index contributed by atoms with van der Waals surface area (Å²) >= 11 is 0. The van der Waals surface area contributed by atoms with E-state index in [2.05, 4.69) is 27.4 Å². The predicted molar refractivity (Wildman–Crippen MR) is 72.5 cm³/mol. The van der Waals surface area contributed by atoms with E-state index < -0.39 is 0 Å². The van der Waals surface area contributed by atoms with E-state index in [1.165, 1.54) is 0 Å². The number of methoxy groups -OCH3 is 1. The van der Waals surface area contributed by atoms with Gasteiger partial charge in [0.25, 0.3) is 0 Å². The Balaban J connectivity index is 1.73. The van der Waals surface area contributed by atoms with Crippen LogP contribution in [-0.2, 0) is 12.0 Å². The van der Waals surface area contributed by atoms with Gasteiger partial charge in [0.1, 0.15) is 0 Å². The highest BCUT2D eigenvalue weighted by Crippen LogP contribution is 2.28. The van der Waals surface area contributed by atoms with Crippen molar-refractivity contribution in [3.63, 3.8) is 0 Å². The zero-order chi connectivity index (χ0) is 14.0. The Labute approximate surface area is 117 Å². The number of aromatic nitrogens is 3. The smallest absolute Gasteiger partial charge is 0.246 e. The lowest BCUT2D eigenvalue weighted by atomic mass is 10.0. The summed E-state index contributed by atoms with van der Waals surface area (Å²) in [5, 5.41) is 7.48. The first-order chi connectivity index (χ1) is 9.69. The zero-order valence-corrected chi connectivity index (χ0v) is 11.7. The normalized spacial score (nSPS) is 22.1. The second-order valence-corrected chi connectivity index (χ2v) is 5.26. The van der Waals surface area contributed by atoms with Gasteiger partial charge in [0.05, 0.1) is 12.6 Å². The molecule has 1 unspecified atom stereocenters. The lowest BCUT2D eigenvalue weighted by Crippen LogP contribution is -2.33. The average molecular weight is 274 g/mol. The Morgan fingerprint density at radius 3 is 3.00 bits per heavy atom. The van der Waals surface area contributed by atoms with Crippen LogP contribution in [0.15, 0.2) is 22.9 Å². The monoisotopic (exact) mass is 274 g/mol. The van der Waals surface area contributed by atoms with Crippen molar-refractivity contribution in [2.75, 3.05) is 13.7 Å². The topological polar surface area (TPSA) is 73.1 Å². The standard InChI is InChI=1S/C14H18N4O2/c1-14(6-3-7-16-14)13-17-11(18-20-13)8-10-4-5-12(19-2)15-9-10/h4-5,9,16H,3,6-8H2,1-2H3. The highest BCUT2D eigenvalue weighted by atomic mass is 16.5. The van der Waals surface area contributed by atoms with E-state index in [-0.39, 0.29) is 5.54 Å². The second-order valence-electron chi connectivity index (χ2n) is 5.26. The first-order valence-electron chi connectivity index (χ1n) is 6.77. The quantitative estimate of drug-likeness (QED) is 0.914. The van der Waals surface area contributed by atoms with Crippen LogP contribution in [0.25, 0.3) is 0 Å². The number of pyridine rings is 1.